The van der Waals surface area contributed by atoms with Gasteiger partial charge in [0.1, 0.15) is 0 Å². The first-order valence-corrected chi connectivity index (χ1v) is 8.33. The summed E-state index contributed by atoms with van der Waals surface area (Å²) in [4.78, 5) is 8.33. The zero-order chi connectivity index (χ0) is 11.7. The van der Waals surface area contributed by atoms with Gasteiger partial charge in [-0.2, -0.15) is 9.97 Å². The highest BCUT2D eigenvalue weighted by Crippen LogP contribution is 2.32. The van der Waals surface area contributed by atoms with Crippen LogP contribution in [0.25, 0.3) is 11.0 Å². The van der Waals surface area contributed by atoms with Crippen LogP contribution in [-0.2, 0) is 0 Å². The molecule has 0 saturated carbocycles. The van der Waals surface area contributed by atoms with Crippen LogP contribution < -0.4 is 4.74 Å². The fourth-order valence-electron chi connectivity index (χ4n) is 1.50. The van der Waals surface area contributed by atoms with Gasteiger partial charge in [-0.3, -0.25) is 3.97 Å². The van der Waals surface area contributed by atoms with Gasteiger partial charge in [0.25, 0.3) is 0 Å². The molecule has 0 fully saturated rings. The van der Waals surface area contributed by atoms with Crippen molar-refractivity contribution in [3.63, 3.8) is 0 Å². The summed E-state index contributed by atoms with van der Waals surface area (Å²) in [7, 11) is 1.54. The van der Waals surface area contributed by atoms with Crippen LogP contribution in [0.2, 0.25) is 5.28 Å². The summed E-state index contributed by atoms with van der Waals surface area (Å²) in [5, 5.41) is 1.14. The number of aromatic nitrogens is 3. The summed E-state index contributed by atoms with van der Waals surface area (Å²) in [6.07, 6.45) is 2.00. The lowest BCUT2D eigenvalue weighted by atomic mass is 10.3. The molecule has 0 aliphatic rings. The molecule has 0 spiro atoms. The zero-order valence-corrected chi connectivity index (χ0v) is 12.4. The SMILES string of the molecule is CCOc1nc(Cl)nc2c1c(C)cn2SI. The second-order valence-corrected chi connectivity index (χ2v) is 5.19. The maximum Gasteiger partial charge on any atom is 0.227 e. The van der Waals surface area contributed by atoms with Crippen LogP contribution in [0.4, 0.5) is 0 Å². The molecule has 0 aliphatic heterocycles. The van der Waals surface area contributed by atoms with Gasteiger partial charge in [-0.15, -0.1) is 0 Å². The molecule has 0 aliphatic carbocycles. The van der Waals surface area contributed by atoms with Gasteiger partial charge in [-0.05, 0) is 31.0 Å². The van der Waals surface area contributed by atoms with Crippen LogP contribution in [0.3, 0.4) is 0 Å². The molecule has 2 heterocycles. The fourth-order valence-corrected chi connectivity index (χ4v) is 2.96. The smallest absolute Gasteiger partial charge is 0.227 e. The second-order valence-electron chi connectivity index (χ2n) is 3.14. The number of fused-ring (bicyclic) bond motifs is 1. The fraction of sp³-hybridized carbons (Fsp3) is 0.333. The van der Waals surface area contributed by atoms with Crippen LogP contribution in [-0.4, -0.2) is 20.5 Å². The minimum Gasteiger partial charge on any atom is -0.477 e. The second kappa shape index (κ2) is 4.97. The number of hydrogen-bond donors (Lipinski definition) is 0. The van der Waals surface area contributed by atoms with Crippen molar-refractivity contribution < 1.29 is 4.74 Å². The third-order valence-electron chi connectivity index (χ3n) is 2.10. The van der Waals surface area contributed by atoms with E-state index in [1.54, 1.807) is 0 Å². The highest BCUT2D eigenvalue weighted by Gasteiger charge is 2.15. The summed E-state index contributed by atoms with van der Waals surface area (Å²) in [6.45, 7) is 4.48. The van der Waals surface area contributed by atoms with Gasteiger partial charge >= 0.3 is 0 Å². The maximum atomic E-state index is 5.87. The van der Waals surface area contributed by atoms with Gasteiger partial charge in [0.05, 0.1) is 12.0 Å². The molecule has 2 rings (SSSR count). The largest absolute Gasteiger partial charge is 0.477 e. The summed E-state index contributed by atoms with van der Waals surface area (Å²) < 4.78 is 7.42. The number of nitrogens with zero attached hydrogens (tertiary/aromatic N) is 3. The molecule has 0 saturated heterocycles. The molecule has 0 N–H and O–H groups in total. The quantitative estimate of drug-likeness (QED) is 0.612. The van der Waals surface area contributed by atoms with E-state index in [4.69, 9.17) is 16.3 Å². The summed E-state index contributed by atoms with van der Waals surface area (Å²) in [6, 6.07) is 0. The van der Waals surface area contributed by atoms with Crippen molar-refractivity contribution in [3.05, 3.63) is 17.0 Å². The van der Waals surface area contributed by atoms with Crippen molar-refractivity contribution >= 4 is 53.0 Å². The highest BCUT2D eigenvalue weighted by molar-refractivity contribution is 14.2. The van der Waals surface area contributed by atoms with E-state index in [9.17, 15) is 0 Å². The Labute approximate surface area is 114 Å². The Morgan fingerprint density at radius 1 is 1.56 bits per heavy atom. The van der Waals surface area contributed by atoms with Crippen molar-refractivity contribution in [2.24, 2.45) is 0 Å². The Hall–Kier alpha value is -0.210. The predicted octanol–water partition coefficient (Wildman–Crippen LogP) is 3.64. The van der Waals surface area contributed by atoms with E-state index >= 15 is 0 Å². The van der Waals surface area contributed by atoms with Gasteiger partial charge in [-0.1, -0.05) is 0 Å². The molecule has 0 aromatic carbocycles. The van der Waals surface area contributed by atoms with E-state index < -0.39 is 0 Å². The van der Waals surface area contributed by atoms with E-state index in [2.05, 4.69) is 31.2 Å². The van der Waals surface area contributed by atoms with Crippen molar-refractivity contribution in [3.8, 4) is 5.88 Å². The van der Waals surface area contributed by atoms with Gasteiger partial charge < -0.3 is 4.74 Å². The molecule has 0 bridgehead atoms. The molecular formula is C9H9ClIN3OS. The third-order valence-corrected chi connectivity index (χ3v) is 3.97. The standard InChI is InChI=1S/C9H9ClIN3OS/c1-3-15-8-6-5(2)4-14(16-11)7(6)12-9(10)13-8/h4H,3H2,1-2H3. The average molecular weight is 370 g/mol. The van der Waals surface area contributed by atoms with E-state index in [1.165, 1.54) is 9.12 Å². The number of halogens is 2. The van der Waals surface area contributed by atoms with E-state index in [-0.39, 0.29) is 5.28 Å². The number of rotatable bonds is 3. The number of ether oxygens (including phenoxy) is 1. The monoisotopic (exact) mass is 369 g/mol. The first-order valence-electron chi connectivity index (χ1n) is 4.64. The van der Waals surface area contributed by atoms with E-state index in [0.717, 1.165) is 16.6 Å². The Balaban J connectivity index is 2.75. The molecular weight excluding hydrogens is 361 g/mol. The molecule has 7 heteroatoms. The Kier molecular flexibility index (Phi) is 3.81. The Morgan fingerprint density at radius 2 is 2.31 bits per heavy atom. The molecule has 86 valence electrons. The summed E-state index contributed by atoms with van der Waals surface area (Å²) >= 11 is 8.07. The van der Waals surface area contributed by atoms with Gasteiger partial charge in [0.2, 0.25) is 11.2 Å². The van der Waals surface area contributed by atoms with Crippen molar-refractivity contribution in [2.45, 2.75) is 13.8 Å². The summed E-state index contributed by atoms with van der Waals surface area (Å²) in [5.74, 6) is 0.555. The molecule has 4 nitrogen and oxygen atoms in total. The third kappa shape index (κ3) is 2.10. The van der Waals surface area contributed by atoms with Crippen LogP contribution in [0.15, 0.2) is 6.20 Å². The predicted molar refractivity (Wildman–Crippen MR) is 75.5 cm³/mol. The van der Waals surface area contributed by atoms with Gasteiger partial charge in [0.15, 0.2) is 5.65 Å². The zero-order valence-electron chi connectivity index (χ0n) is 8.70. The normalized spacial score (nSPS) is 11.0. The van der Waals surface area contributed by atoms with Crippen LogP contribution >= 0.6 is 41.9 Å². The first kappa shape index (κ1) is 12.3. The number of hydrogen-bond acceptors (Lipinski definition) is 4. The highest BCUT2D eigenvalue weighted by atomic mass is 127. The molecule has 2 aromatic rings. The molecule has 0 unspecified atom stereocenters. The van der Waals surface area contributed by atoms with E-state index in [1.807, 2.05) is 24.0 Å². The van der Waals surface area contributed by atoms with Crippen molar-refractivity contribution in [1.82, 2.24) is 13.9 Å². The lowest BCUT2D eigenvalue weighted by Crippen LogP contribution is -1.97. The Bertz CT molecular complexity index is 531. The molecule has 0 amide bonds. The van der Waals surface area contributed by atoms with Crippen LogP contribution in [0, 0.1) is 6.92 Å². The maximum absolute atomic E-state index is 5.87. The molecule has 0 radical (unpaired) electrons. The van der Waals surface area contributed by atoms with Gasteiger partial charge in [-0.25, -0.2) is 0 Å². The topological polar surface area (TPSA) is 39.9 Å². The summed E-state index contributed by atoms with van der Waals surface area (Å²) in [5.41, 5.74) is 1.87. The number of aryl methyl sites for hydroxylation is 1. The van der Waals surface area contributed by atoms with Crippen molar-refractivity contribution in [2.75, 3.05) is 6.61 Å². The van der Waals surface area contributed by atoms with E-state index in [0.29, 0.717) is 12.5 Å². The Morgan fingerprint density at radius 3 is 2.94 bits per heavy atom. The first-order chi connectivity index (χ1) is 7.67. The molecule has 16 heavy (non-hydrogen) atoms. The molecule has 0 atom stereocenters. The van der Waals surface area contributed by atoms with Crippen LogP contribution in [0.1, 0.15) is 12.5 Å². The lowest BCUT2D eigenvalue weighted by molar-refractivity contribution is 0.331. The lowest BCUT2D eigenvalue weighted by Gasteiger charge is -2.04. The minimum atomic E-state index is 0.209. The van der Waals surface area contributed by atoms with Crippen molar-refractivity contribution in [1.29, 1.82) is 0 Å². The minimum absolute atomic E-state index is 0.209. The molecule has 2 aromatic heterocycles. The average Bonchev–Trinajstić information content (AvgIpc) is 2.55. The van der Waals surface area contributed by atoms with Gasteiger partial charge in [0, 0.05) is 36.5 Å². The van der Waals surface area contributed by atoms with Crippen LogP contribution in [0.5, 0.6) is 5.88 Å².